The second kappa shape index (κ2) is 2.21. The zero-order valence-electron chi connectivity index (χ0n) is 8.04. The molecule has 0 saturated heterocycles. The summed E-state index contributed by atoms with van der Waals surface area (Å²) in [4.78, 5) is 0. The van der Waals surface area contributed by atoms with Gasteiger partial charge in [-0.1, -0.05) is 20.8 Å². The van der Waals surface area contributed by atoms with E-state index in [4.69, 9.17) is 0 Å². The van der Waals surface area contributed by atoms with Gasteiger partial charge in [-0.3, -0.25) is 0 Å². The lowest BCUT2D eigenvalue weighted by atomic mass is 9.71. The van der Waals surface area contributed by atoms with Crippen LogP contribution < -0.4 is 0 Å². The second-order valence-corrected chi connectivity index (χ2v) is 5.78. The summed E-state index contributed by atoms with van der Waals surface area (Å²) < 4.78 is 0. The summed E-state index contributed by atoms with van der Waals surface area (Å²) in [7, 11) is 0. The fourth-order valence-corrected chi connectivity index (χ4v) is 3.96. The molecular weight excluding hydrogens is 168 g/mol. The predicted octanol–water partition coefficient (Wildman–Crippen LogP) is 2.10. The van der Waals surface area contributed by atoms with E-state index >= 15 is 0 Å². The fourth-order valence-electron chi connectivity index (χ4n) is 3.29. The zero-order chi connectivity index (χ0) is 9.15. The van der Waals surface area contributed by atoms with Crippen LogP contribution in [0.5, 0.6) is 0 Å². The average molecular weight is 186 g/mol. The first-order valence-corrected chi connectivity index (χ1v) is 5.29. The molecule has 2 rings (SSSR count). The molecule has 2 heteroatoms. The topological polar surface area (TPSA) is 20.2 Å². The number of hydrogen-bond donors (Lipinski definition) is 2. The lowest BCUT2D eigenvalue weighted by molar-refractivity contribution is 0.0986. The van der Waals surface area contributed by atoms with Crippen LogP contribution in [0.25, 0.3) is 0 Å². The van der Waals surface area contributed by atoms with Gasteiger partial charge in [0.1, 0.15) is 0 Å². The molecule has 0 aromatic rings. The van der Waals surface area contributed by atoms with Crippen LogP contribution in [0.1, 0.15) is 33.6 Å². The van der Waals surface area contributed by atoms with E-state index in [0.717, 1.165) is 0 Å². The Morgan fingerprint density at radius 1 is 1.33 bits per heavy atom. The minimum atomic E-state index is -0.179. The molecule has 0 unspecified atom stereocenters. The number of rotatable bonds is 0. The van der Waals surface area contributed by atoms with Gasteiger partial charge in [-0.05, 0) is 29.6 Å². The molecule has 2 aliphatic carbocycles. The van der Waals surface area contributed by atoms with Crippen LogP contribution in [-0.2, 0) is 0 Å². The van der Waals surface area contributed by atoms with Crippen molar-refractivity contribution in [2.75, 3.05) is 0 Å². The largest absolute Gasteiger partial charge is 0.392 e. The first-order chi connectivity index (χ1) is 5.41. The molecule has 0 spiro atoms. The molecule has 12 heavy (non-hydrogen) atoms. The van der Waals surface area contributed by atoms with Crippen LogP contribution in [0, 0.1) is 16.7 Å². The molecule has 0 aromatic carbocycles. The summed E-state index contributed by atoms with van der Waals surface area (Å²) in [5.41, 5.74) is 0.527. The summed E-state index contributed by atoms with van der Waals surface area (Å²) in [5.74, 6) is 0.477. The number of hydrogen-bond acceptors (Lipinski definition) is 2. The van der Waals surface area contributed by atoms with Gasteiger partial charge in [0.25, 0.3) is 0 Å². The number of thiol groups is 1. The molecule has 70 valence electrons. The minimum absolute atomic E-state index is 0.179. The van der Waals surface area contributed by atoms with Crippen LogP contribution in [0.2, 0.25) is 0 Å². The quantitative estimate of drug-likeness (QED) is 0.555. The third kappa shape index (κ3) is 0.717. The number of aliphatic hydroxyl groups is 1. The minimum Gasteiger partial charge on any atom is -0.392 e. The lowest BCUT2D eigenvalue weighted by Gasteiger charge is -2.37. The second-order valence-electron chi connectivity index (χ2n) is 5.22. The van der Waals surface area contributed by atoms with Crippen LogP contribution in [0.4, 0.5) is 0 Å². The number of aliphatic hydroxyl groups excluding tert-OH is 1. The van der Waals surface area contributed by atoms with Gasteiger partial charge < -0.3 is 5.11 Å². The summed E-state index contributed by atoms with van der Waals surface area (Å²) >= 11 is 4.54. The lowest BCUT2D eigenvalue weighted by Crippen LogP contribution is -2.35. The average Bonchev–Trinajstić information content (AvgIpc) is 2.26. The maximum atomic E-state index is 9.91. The van der Waals surface area contributed by atoms with E-state index in [9.17, 15) is 5.11 Å². The molecule has 2 aliphatic rings. The van der Waals surface area contributed by atoms with Crippen molar-refractivity contribution < 1.29 is 5.11 Å². The van der Waals surface area contributed by atoms with Gasteiger partial charge in [-0.15, -0.1) is 0 Å². The summed E-state index contributed by atoms with van der Waals surface area (Å²) in [6.45, 7) is 6.84. The van der Waals surface area contributed by atoms with Crippen molar-refractivity contribution in [3.05, 3.63) is 0 Å². The Bertz CT molecular complexity index is 214. The third-order valence-corrected chi connectivity index (χ3v) is 5.64. The van der Waals surface area contributed by atoms with E-state index < -0.39 is 0 Å². The summed E-state index contributed by atoms with van der Waals surface area (Å²) in [6.07, 6.45) is 2.24. The highest BCUT2D eigenvalue weighted by molar-refractivity contribution is 7.81. The van der Waals surface area contributed by atoms with E-state index in [2.05, 4.69) is 33.4 Å². The molecule has 1 N–H and O–H groups in total. The van der Waals surface area contributed by atoms with Crippen molar-refractivity contribution >= 4 is 12.6 Å². The van der Waals surface area contributed by atoms with E-state index in [1.807, 2.05) is 0 Å². The van der Waals surface area contributed by atoms with Crippen molar-refractivity contribution in [2.24, 2.45) is 16.7 Å². The highest BCUT2D eigenvalue weighted by atomic mass is 32.1. The Labute approximate surface area is 80.0 Å². The van der Waals surface area contributed by atoms with Crippen LogP contribution in [-0.4, -0.2) is 16.5 Å². The molecule has 0 aliphatic heterocycles. The van der Waals surface area contributed by atoms with Crippen molar-refractivity contribution in [1.82, 2.24) is 0 Å². The molecule has 2 saturated carbocycles. The Hall–Kier alpha value is 0.310. The molecule has 4 atom stereocenters. The monoisotopic (exact) mass is 186 g/mol. The highest BCUT2D eigenvalue weighted by Crippen LogP contribution is 2.66. The van der Waals surface area contributed by atoms with Gasteiger partial charge >= 0.3 is 0 Å². The summed E-state index contributed by atoms with van der Waals surface area (Å²) in [6, 6.07) is 0. The van der Waals surface area contributed by atoms with Gasteiger partial charge in [-0.25, -0.2) is 0 Å². The van der Waals surface area contributed by atoms with Gasteiger partial charge in [0.05, 0.1) is 6.10 Å². The maximum absolute atomic E-state index is 9.91. The Balaban J connectivity index is 2.44. The van der Waals surface area contributed by atoms with E-state index in [-0.39, 0.29) is 22.2 Å². The molecule has 1 nitrogen and oxygen atoms in total. The van der Waals surface area contributed by atoms with Crippen molar-refractivity contribution in [3.8, 4) is 0 Å². The highest BCUT2D eigenvalue weighted by Gasteiger charge is 2.64. The molecule has 0 aromatic heterocycles. The first kappa shape index (κ1) is 8.89. The number of fused-ring (bicyclic) bond motifs is 2. The van der Waals surface area contributed by atoms with E-state index in [0.29, 0.717) is 5.92 Å². The molecule has 0 amide bonds. The van der Waals surface area contributed by atoms with Crippen LogP contribution in [0.3, 0.4) is 0 Å². The van der Waals surface area contributed by atoms with Crippen molar-refractivity contribution in [1.29, 1.82) is 0 Å². The Morgan fingerprint density at radius 3 is 2.17 bits per heavy atom. The van der Waals surface area contributed by atoms with Gasteiger partial charge in [-0.2, -0.15) is 12.6 Å². The maximum Gasteiger partial charge on any atom is 0.0695 e. The molecule has 2 bridgehead atoms. The van der Waals surface area contributed by atoms with Crippen LogP contribution in [0.15, 0.2) is 0 Å². The van der Waals surface area contributed by atoms with Gasteiger partial charge in [0.15, 0.2) is 0 Å². The molecular formula is C10H18OS. The van der Waals surface area contributed by atoms with Crippen molar-refractivity contribution in [3.63, 3.8) is 0 Å². The first-order valence-electron chi connectivity index (χ1n) is 4.77. The molecule has 0 radical (unpaired) electrons. The zero-order valence-corrected chi connectivity index (χ0v) is 8.94. The predicted molar refractivity (Wildman–Crippen MR) is 53.4 cm³/mol. The molecule has 2 fully saturated rings. The molecule has 0 heterocycles. The summed E-state index contributed by atoms with van der Waals surface area (Å²) in [5, 5.41) is 10.1. The Kier molecular flexibility index (Phi) is 1.64. The Morgan fingerprint density at radius 2 is 1.92 bits per heavy atom. The van der Waals surface area contributed by atoms with Crippen LogP contribution >= 0.6 is 12.6 Å². The van der Waals surface area contributed by atoms with E-state index in [1.165, 1.54) is 12.8 Å². The SMILES string of the molecule is CC1(C)[C@H]2CC[C@@]1(C)[C@@H](S)[C@H]2O. The fraction of sp³-hybridized carbons (Fsp3) is 1.00. The van der Waals surface area contributed by atoms with Gasteiger partial charge in [0, 0.05) is 5.25 Å². The smallest absolute Gasteiger partial charge is 0.0695 e. The third-order valence-electron chi connectivity index (χ3n) is 4.76. The van der Waals surface area contributed by atoms with Crippen molar-refractivity contribution in [2.45, 2.75) is 45.0 Å². The van der Waals surface area contributed by atoms with Gasteiger partial charge in [0.2, 0.25) is 0 Å². The standard InChI is InChI=1S/C10H18OS/c1-9(2)6-4-5-10(9,3)8(12)7(6)11/h6-8,11-12H,4-5H2,1-3H3/t6-,7-,8-,10-/m0/s1. The normalized spacial score (nSPS) is 56.2. The van der Waals surface area contributed by atoms with E-state index in [1.54, 1.807) is 0 Å².